The van der Waals surface area contributed by atoms with E-state index in [4.69, 9.17) is 17.3 Å². The molecular weight excluding hydrogens is 354 g/mol. The predicted octanol–water partition coefficient (Wildman–Crippen LogP) is 3.90. The topological polar surface area (TPSA) is 77.2 Å². The van der Waals surface area contributed by atoms with E-state index in [1.807, 2.05) is 0 Å². The van der Waals surface area contributed by atoms with Gasteiger partial charge in [0.25, 0.3) is 5.91 Å². The molecule has 1 amide bonds. The van der Waals surface area contributed by atoms with Crippen LogP contribution in [0.3, 0.4) is 0 Å². The standard InChI is InChI=1S/C14H10ClF4N3O2/c15-12-4-11(9(5-21-12)14(17,18)19)22-10-2-1-7(24-6-16)3-8(10)13(20)23/h1-5H,6H2,(H2,20,23)(H,21,22). The first-order valence-electron chi connectivity index (χ1n) is 6.34. The number of nitrogens with zero attached hydrogens (tertiary/aromatic N) is 1. The molecule has 3 N–H and O–H groups in total. The first-order chi connectivity index (χ1) is 11.2. The first kappa shape index (κ1) is 17.8. The van der Waals surface area contributed by atoms with Crippen molar-refractivity contribution < 1.29 is 27.1 Å². The average Bonchev–Trinajstić information content (AvgIpc) is 2.47. The van der Waals surface area contributed by atoms with Gasteiger partial charge in [-0.2, -0.15) is 13.2 Å². The lowest BCUT2D eigenvalue weighted by atomic mass is 10.1. The maximum Gasteiger partial charge on any atom is 0.419 e. The molecule has 128 valence electrons. The number of carbonyl (C=O) groups is 1. The van der Waals surface area contributed by atoms with Crippen LogP contribution in [0.25, 0.3) is 0 Å². The SMILES string of the molecule is NC(=O)c1cc(OCF)ccc1Nc1cc(Cl)ncc1C(F)(F)F. The lowest BCUT2D eigenvalue weighted by molar-refractivity contribution is -0.137. The molecule has 1 aromatic carbocycles. The molecule has 0 saturated carbocycles. The van der Waals surface area contributed by atoms with Crippen LogP contribution in [0.15, 0.2) is 30.5 Å². The average molecular weight is 364 g/mol. The monoisotopic (exact) mass is 363 g/mol. The van der Waals surface area contributed by atoms with Gasteiger partial charge in [-0.25, -0.2) is 9.37 Å². The zero-order valence-electron chi connectivity index (χ0n) is 11.8. The number of primary amides is 1. The van der Waals surface area contributed by atoms with E-state index < -0.39 is 30.2 Å². The lowest BCUT2D eigenvalue weighted by Crippen LogP contribution is -2.15. The van der Waals surface area contributed by atoms with Gasteiger partial charge in [0, 0.05) is 6.20 Å². The van der Waals surface area contributed by atoms with E-state index in [1.165, 1.54) is 12.1 Å². The number of carbonyl (C=O) groups excluding carboxylic acids is 1. The molecule has 0 aliphatic carbocycles. The van der Waals surface area contributed by atoms with Crippen molar-refractivity contribution in [3.8, 4) is 5.75 Å². The molecule has 2 aromatic rings. The highest BCUT2D eigenvalue weighted by molar-refractivity contribution is 6.29. The zero-order valence-corrected chi connectivity index (χ0v) is 12.6. The van der Waals surface area contributed by atoms with Gasteiger partial charge >= 0.3 is 6.18 Å². The van der Waals surface area contributed by atoms with E-state index in [2.05, 4.69) is 15.0 Å². The summed E-state index contributed by atoms with van der Waals surface area (Å²) in [4.78, 5) is 14.9. The molecule has 0 spiro atoms. The number of anilines is 2. The Balaban J connectivity index is 2.48. The summed E-state index contributed by atoms with van der Waals surface area (Å²) >= 11 is 5.63. The van der Waals surface area contributed by atoms with E-state index in [-0.39, 0.29) is 22.2 Å². The number of aromatic nitrogens is 1. The lowest BCUT2D eigenvalue weighted by Gasteiger charge is -2.16. The molecule has 0 fully saturated rings. The third-order valence-corrected chi connectivity index (χ3v) is 3.13. The fourth-order valence-electron chi connectivity index (χ4n) is 1.89. The fraction of sp³-hybridized carbons (Fsp3) is 0.143. The molecule has 5 nitrogen and oxygen atoms in total. The molecule has 0 saturated heterocycles. The summed E-state index contributed by atoms with van der Waals surface area (Å²) in [5.74, 6) is -0.934. The summed E-state index contributed by atoms with van der Waals surface area (Å²) < 4.78 is 55.9. The summed E-state index contributed by atoms with van der Waals surface area (Å²) in [6, 6.07) is 4.57. The predicted molar refractivity (Wildman–Crippen MR) is 79.1 cm³/mol. The summed E-state index contributed by atoms with van der Waals surface area (Å²) in [6.07, 6.45) is -4.13. The van der Waals surface area contributed by atoms with Gasteiger partial charge in [-0.15, -0.1) is 0 Å². The van der Waals surface area contributed by atoms with Gasteiger partial charge in [-0.3, -0.25) is 4.79 Å². The second-order valence-electron chi connectivity index (χ2n) is 4.50. The minimum Gasteiger partial charge on any atom is -0.463 e. The number of hydrogen-bond acceptors (Lipinski definition) is 4. The van der Waals surface area contributed by atoms with Gasteiger partial charge < -0.3 is 15.8 Å². The van der Waals surface area contributed by atoms with Crippen molar-refractivity contribution in [1.82, 2.24) is 4.98 Å². The Labute approximate surface area is 138 Å². The van der Waals surface area contributed by atoms with Gasteiger partial charge in [0.15, 0.2) is 0 Å². The van der Waals surface area contributed by atoms with Crippen molar-refractivity contribution >= 4 is 28.9 Å². The zero-order chi connectivity index (χ0) is 17.9. The summed E-state index contributed by atoms with van der Waals surface area (Å²) in [6.45, 7) is -1.14. The van der Waals surface area contributed by atoms with Crippen LogP contribution in [-0.4, -0.2) is 17.8 Å². The van der Waals surface area contributed by atoms with Gasteiger partial charge in [0.1, 0.15) is 10.9 Å². The van der Waals surface area contributed by atoms with E-state index in [0.29, 0.717) is 6.20 Å². The highest BCUT2D eigenvalue weighted by atomic mass is 35.5. The van der Waals surface area contributed by atoms with E-state index >= 15 is 0 Å². The molecule has 1 aromatic heterocycles. The first-order valence-corrected chi connectivity index (χ1v) is 6.72. The van der Waals surface area contributed by atoms with Crippen LogP contribution in [0.5, 0.6) is 5.75 Å². The Morgan fingerprint density at radius 3 is 2.58 bits per heavy atom. The number of alkyl halides is 4. The van der Waals surface area contributed by atoms with Crippen molar-refractivity contribution in [2.45, 2.75) is 6.18 Å². The summed E-state index contributed by atoms with van der Waals surface area (Å²) in [7, 11) is 0. The minimum absolute atomic E-state index is 0.000607. The van der Waals surface area contributed by atoms with Crippen LogP contribution in [0, 0.1) is 0 Å². The quantitative estimate of drug-likeness (QED) is 0.624. The van der Waals surface area contributed by atoms with Crippen LogP contribution in [0.4, 0.5) is 28.9 Å². The van der Waals surface area contributed by atoms with Gasteiger partial charge in [-0.05, 0) is 24.3 Å². The molecule has 0 unspecified atom stereocenters. The molecule has 0 bridgehead atoms. The molecular formula is C14H10ClF4N3O2. The second-order valence-corrected chi connectivity index (χ2v) is 4.89. The van der Waals surface area contributed by atoms with Crippen LogP contribution >= 0.6 is 11.6 Å². The number of nitrogens with one attached hydrogen (secondary N) is 1. The molecule has 1 heterocycles. The number of benzene rings is 1. The molecule has 10 heteroatoms. The van der Waals surface area contributed by atoms with Crippen LogP contribution < -0.4 is 15.8 Å². The Kier molecular flexibility index (Phi) is 5.13. The van der Waals surface area contributed by atoms with E-state index in [9.17, 15) is 22.4 Å². The van der Waals surface area contributed by atoms with Crippen LogP contribution in [0.2, 0.25) is 5.15 Å². The second kappa shape index (κ2) is 6.91. The molecule has 0 atom stereocenters. The van der Waals surface area contributed by atoms with E-state index in [0.717, 1.165) is 12.1 Å². The smallest absolute Gasteiger partial charge is 0.419 e. The van der Waals surface area contributed by atoms with Crippen molar-refractivity contribution in [3.63, 3.8) is 0 Å². The normalized spacial score (nSPS) is 11.2. The molecule has 0 aliphatic rings. The number of halogens is 5. The number of hydrogen-bond donors (Lipinski definition) is 2. The van der Waals surface area contributed by atoms with Crippen molar-refractivity contribution in [1.29, 1.82) is 0 Å². The maximum absolute atomic E-state index is 13.0. The summed E-state index contributed by atoms with van der Waals surface area (Å²) in [5.41, 5.74) is 3.50. The number of nitrogens with two attached hydrogens (primary N) is 1. The maximum atomic E-state index is 13.0. The van der Waals surface area contributed by atoms with Crippen molar-refractivity contribution in [2.75, 3.05) is 12.2 Å². The summed E-state index contributed by atoms with van der Waals surface area (Å²) in [5, 5.41) is 2.27. The van der Waals surface area contributed by atoms with E-state index in [1.54, 1.807) is 0 Å². The third kappa shape index (κ3) is 4.05. The Morgan fingerprint density at radius 1 is 1.29 bits per heavy atom. The van der Waals surface area contributed by atoms with Crippen LogP contribution in [-0.2, 0) is 6.18 Å². The fourth-order valence-corrected chi connectivity index (χ4v) is 2.05. The van der Waals surface area contributed by atoms with Crippen molar-refractivity contribution in [3.05, 3.63) is 46.7 Å². The number of ether oxygens (including phenoxy) is 1. The Hall–Kier alpha value is -2.55. The third-order valence-electron chi connectivity index (χ3n) is 2.92. The largest absolute Gasteiger partial charge is 0.463 e. The molecule has 2 rings (SSSR count). The molecule has 24 heavy (non-hydrogen) atoms. The number of rotatable bonds is 5. The minimum atomic E-state index is -4.69. The Bertz CT molecular complexity index is 768. The Morgan fingerprint density at radius 2 is 2.00 bits per heavy atom. The van der Waals surface area contributed by atoms with Gasteiger partial charge in [0.05, 0.1) is 22.5 Å². The highest BCUT2D eigenvalue weighted by Crippen LogP contribution is 2.37. The van der Waals surface area contributed by atoms with Gasteiger partial charge in [0.2, 0.25) is 6.86 Å². The molecule has 0 aliphatic heterocycles. The highest BCUT2D eigenvalue weighted by Gasteiger charge is 2.34. The van der Waals surface area contributed by atoms with Gasteiger partial charge in [-0.1, -0.05) is 11.6 Å². The number of pyridine rings is 1. The van der Waals surface area contributed by atoms with Crippen molar-refractivity contribution in [2.24, 2.45) is 5.73 Å². The molecule has 0 radical (unpaired) electrons. The van der Waals surface area contributed by atoms with Crippen LogP contribution in [0.1, 0.15) is 15.9 Å². The number of amides is 1.